The molecule has 4 heterocycles. The lowest BCUT2D eigenvalue weighted by molar-refractivity contribution is -0.755. The number of alkyl halides is 3. The quantitative estimate of drug-likeness (QED) is 0.180. The summed E-state index contributed by atoms with van der Waals surface area (Å²) in [5.74, 6) is 0.699. The number of carbonyl (C=O) groups excluding carboxylic acids is 1. The Morgan fingerprint density at radius 3 is 2.67 bits per heavy atom. The second-order valence-corrected chi connectivity index (χ2v) is 9.94. The first-order chi connectivity index (χ1) is 20.1. The number of carbonyl (C=O) groups is 1. The Bertz CT molecular complexity index is 1540. The summed E-state index contributed by atoms with van der Waals surface area (Å²) in [5.41, 5.74) is -0.746. The van der Waals surface area contributed by atoms with Gasteiger partial charge in [0.15, 0.2) is 0 Å². The zero-order chi connectivity index (χ0) is 29.7. The predicted molar refractivity (Wildman–Crippen MR) is 143 cm³/mol. The minimum Gasteiger partial charge on any atom is -0.861 e. The maximum absolute atomic E-state index is 13.6. The summed E-state index contributed by atoms with van der Waals surface area (Å²) in [4.78, 5) is 22.8. The first kappa shape index (κ1) is 28.8. The first-order valence-corrected chi connectivity index (χ1v) is 13.2. The van der Waals surface area contributed by atoms with Crippen molar-refractivity contribution < 1.29 is 36.7 Å². The fourth-order valence-electron chi connectivity index (χ4n) is 4.60. The molecule has 1 aliphatic rings. The number of anilines is 2. The van der Waals surface area contributed by atoms with Crippen molar-refractivity contribution in [2.24, 2.45) is 10.9 Å². The SMILES string of the molecule is Cc1ccc(CN2CCC(C([O-])=Nc3cc(NC(=O)Nc4c[n+](Cc5ccccn5)no4)cc(C(F)(F)F)c3)CC2)o1. The standard InChI is InChI=1S/C28H28F3N7O4/c1-18-5-6-24(41-18)16-37-10-7-19(8-11-37)26(39)33-22-12-20(28(29,30)31)13-23(14-22)34-27(40)35-25-17-38(36-42-25)15-21-4-2-3-9-32-21/h2-6,9,12-14,17,19H,7-8,10-11,15-16H2,1H3,(H2-,33,34,35,36,39,40). The van der Waals surface area contributed by atoms with Crippen LogP contribution in [0.15, 0.2) is 74.9 Å². The van der Waals surface area contributed by atoms with Gasteiger partial charge in [-0.3, -0.25) is 24.7 Å². The Labute approximate surface area is 238 Å². The fourth-order valence-corrected chi connectivity index (χ4v) is 4.60. The lowest BCUT2D eigenvalue weighted by Gasteiger charge is -2.33. The highest BCUT2D eigenvalue weighted by atomic mass is 19.4. The molecule has 0 aliphatic carbocycles. The smallest absolute Gasteiger partial charge is 0.416 e. The highest BCUT2D eigenvalue weighted by Gasteiger charge is 2.31. The topological polar surface area (TPSA) is 136 Å². The van der Waals surface area contributed by atoms with E-state index in [2.05, 4.69) is 30.8 Å². The van der Waals surface area contributed by atoms with Crippen LogP contribution >= 0.6 is 0 Å². The highest BCUT2D eigenvalue weighted by molar-refractivity contribution is 5.99. The highest BCUT2D eigenvalue weighted by Crippen LogP contribution is 2.35. The Balaban J connectivity index is 1.23. The number of furan rings is 1. The second kappa shape index (κ2) is 12.4. The molecule has 1 saturated heterocycles. The molecular weight excluding hydrogens is 555 g/mol. The summed E-state index contributed by atoms with van der Waals surface area (Å²) in [6, 6.07) is 11.1. The number of urea groups is 1. The van der Waals surface area contributed by atoms with E-state index in [0.717, 1.165) is 23.7 Å². The van der Waals surface area contributed by atoms with E-state index in [0.29, 0.717) is 38.2 Å². The van der Waals surface area contributed by atoms with E-state index < -0.39 is 29.6 Å². The van der Waals surface area contributed by atoms with Crippen molar-refractivity contribution in [2.45, 2.75) is 39.0 Å². The number of halogens is 3. The number of pyridine rings is 1. The van der Waals surface area contributed by atoms with Crippen LogP contribution in [0.25, 0.3) is 0 Å². The number of aliphatic imine (C=N–C) groups is 1. The van der Waals surface area contributed by atoms with Crippen LogP contribution in [0.4, 0.5) is 35.2 Å². The van der Waals surface area contributed by atoms with E-state index in [1.54, 1.807) is 18.3 Å². The molecule has 14 heteroatoms. The van der Waals surface area contributed by atoms with Crippen LogP contribution < -0.4 is 20.4 Å². The Morgan fingerprint density at radius 1 is 1.17 bits per heavy atom. The molecular formula is C28H28F3N7O4. The van der Waals surface area contributed by atoms with Gasteiger partial charge in [-0.15, -0.1) is 0 Å². The maximum Gasteiger partial charge on any atom is 0.416 e. The number of nitrogens with one attached hydrogen (secondary N) is 2. The van der Waals surface area contributed by atoms with E-state index in [-0.39, 0.29) is 23.8 Å². The van der Waals surface area contributed by atoms with Crippen molar-refractivity contribution in [1.82, 2.24) is 15.2 Å². The lowest BCUT2D eigenvalue weighted by Crippen LogP contribution is -2.39. The number of hydrogen-bond donors (Lipinski definition) is 2. The zero-order valence-corrected chi connectivity index (χ0v) is 22.6. The Kier molecular flexibility index (Phi) is 8.52. The molecule has 1 aromatic carbocycles. The van der Waals surface area contributed by atoms with Gasteiger partial charge in [0.05, 0.1) is 17.8 Å². The van der Waals surface area contributed by atoms with Crippen LogP contribution in [0.2, 0.25) is 0 Å². The Hall–Kier alpha value is -4.72. The van der Waals surface area contributed by atoms with Gasteiger partial charge >= 0.3 is 18.1 Å². The number of amides is 2. The van der Waals surface area contributed by atoms with Gasteiger partial charge < -0.3 is 14.8 Å². The zero-order valence-electron chi connectivity index (χ0n) is 22.6. The number of benzene rings is 1. The molecule has 11 nitrogen and oxygen atoms in total. The minimum atomic E-state index is -4.72. The summed E-state index contributed by atoms with van der Waals surface area (Å²) in [7, 11) is 0. The average molecular weight is 584 g/mol. The van der Waals surface area contributed by atoms with E-state index in [1.165, 1.54) is 16.9 Å². The summed E-state index contributed by atoms with van der Waals surface area (Å²) in [5, 5.41) is 21.4. The molecule has 220 valence electrons. The number of piperidine rings is 1. The number of aromatic nitrogens is 3. The van der Waals surface area contributed by atoms with Crippen molar-refractivity contribution in [3.63, 3.8) is 0 Å². The lowest BCUT2D eigenvalue weighted by atomic mass is 9.96. The molecule has 2 amide bonds. The van der Waals surface area contributed by atoms with Crippen LogP contribution in [0.5, 0.6) is 0 Å². The van der Waals surface area contributed by atoms with Crippen LogP contribution in [0.3, 0.4) is 0 Å². The van der Waals surface area contributed by atoms with E-state index >= 15 is 0 Å². The monoisotopic (exact) mass is 583 g/mol. The molecule has 1 fully saturated rings. The molecule has 0 atom stereocenters. The number of likely N-dealkylation sites (tertiary alicyclic amines) is 1. The summed E-state index contributed by atoms with van der Waals surface area (Å²) < 4.78 is 53.0. The number of nitrogens with zero attached hydrogens (tertiary/aromatic N) is 5. The van der Waals surface area contributed by atoms with Crippen LogP contribution in [0, 0.1) is 12.8 Å². The Morgan fingerprint density at radius 2 is 1.98 bits per heavy atom. The molecule has 0 unspecified atom stereocenters. The van der Waals surface area contributed by atoms with Gasteiger partial charge in [0.1, 0.15) is 17.2 Å². The van der Waals surface area contributed by atoms with Gasteiger partial charge in [-0.2, -0.15) is 13.2 Å². The first-order valence-electron chi connectivity index (χ1n) is 13.2. The third-order valence-electron chi connectivity index (χ3n) is 6.65. The second-order valence-electron chi connectivity index (χ2n) is 9.94. The normalized spacial score (nSPS) is 15.1. The molecule has 3 aromatic heterocycles. The molecule has 0 saturated carbocycles. The third kappa shape index (κ3) is 7.72. The summed E-state index contributed by atoms with van der Waals surface area (Å²) >= 11 is 0. The van der Waals surface area contributed by atoms with Gasteiger partial charge in [-0.1, -0.05) is 6.07 Å². The van der Waals surface area contributed by atoms with Crippen molar-refractivity contribution >= 4 is 29.2 Å². The van der Waals surface area contributed by atoms with Gasteiger partial charge in [0.25, 0.3) is 6.20 Å². The largest absolute Gasteiger partial charge is 0.861 e. The average Bonchev–Trinajstić information content (AvgIpc) is 3.56. The fraction of sp³-hybridized carbons (Fsp3) is 0.321. The van der Waals surface area contributed by atoms with Gasteiger partial charge in [0, 0.05) is 11.9 Å². The summed E-state index contributed by atoms with van der Waals surface area (Å²) in [6.45, 7) is 4.03. The molecule has 2 N–H and O–H groups in total. The van der Waals surface area contributed by atoms with E-state index in [1.807, 2.05) is 25.1 Å². The minimum absolute atomic E-state index is 0.0379. The number of rotatable bonds is 8. The van der Waals surface area contributed by atoms with E-state index in [4.69, 9.17) is 8.94 Å². The molecule has 1 aliphatic heterocycles. The predicted octanol–water partition coefficient (Wildman–Crippen LogP) is 4.27. The third-order valence-corrected chi connectivity index (χ3v) is 6.65. The van der Waals surface area contributed by atoms with Crippen LogP contribution in [-0.4, -0.2) is 40.2 Å². The molecule has 42 heavy (non-hydrogen) atoms. The van der Waals surface area contributed by atoms with Gasteiger partial charge in [0.2, 0.25) is 11.8 Å². The molecule has 0 radical (unpaired) electrons. The van der Waals surface area contributed by atoms with Crippen LogP contribution in [-0.2, 0) is 19.3 Å². The van der Waals surface area contributed by atoms with Gasteiger partial charge in [-0.25, -0.2) is 4.79 Å². The summed E-state index contributed by atoms with van der Waals surface area (Å²) in [6.07, 6.45) is -0.656. The van der Waals surface area contributed by atoms with Crippen molar-refractivity contribution in [1.29, 1.82) is 0 Å². The number of aryl methyl sites for hydroxylation is 1. The van der Waals surface area contributed by atoms with Crippen molar-refractivity contribution in [3.05, 3.63) is 83.7 Å². The molecule has 4 aromatic rings. The maximum atomic E-state index is 13.6. The van der Waals surface area contributed by atoms with Gasteiger partial charge in [-0.05, 0) is 91.8 Å². The van der Waals surface area contributed by atoms with Crippen molar-refractivity contribution in [3.8, 4) is 0 Å². The number of hydrogen-bond acceptors (Lipinski definition) is 8. The van der Waals surface area contributed by atoms with Crippen LogP contribution in [0.1, 0.15) is 35.6 Å². The van der Waals surface area contributed by atoms with E-state index in [9.17, 15) is 23.1 Å². The molecule has 5 rings (SSSR count). The molecule has 0 spiro atoms. The molecule has 0 bridgehead atoms. The van der Waals surface area contributed by atoms with Crippen molar-refractivity contribution in [2.75, 3.05) is 23.7 Å².